The van der Waals surface area contributed by atoms with E-state index in [9.17, 15) is 4.79 Å². The molecule has 112 valence electrons. The summed E-state index contributed by atoms with van der Waals surface area (Å²) < 4.78 is 2.07. The van der Waals surface area contributed by atoms with Crippen molar-refractivity contribution in [3.63, 3.8) is 0 Å². The highest BCUT2D eigenvalue weighted by atomic mass is 16.2. The van der Waals surface area contributed by atoms with E-state index >= 15 is 0 Å². The second-order valence-electron chi connectivity index (χ2n) is 5.44. The van der Waals surface area contributed by atoms with Gasteiger partial charge in [0.05, 0.1) is 12.2 Å². The monoisotopic (exact) mass is 279 g/mol. The number of aromatic nitrogens is 2. The normalized spacial score (nSPS) is 18.2. The number of hydrogen-bond acceptors (Lipinski definition) is 4. The van der Waals surface area contributed by atoms with Crippen LogP contribution in [0.25, 0.3) is 0 Å². The molecule has 2 N–H and O–H groups in total. The number of likely N-dealkylation sites (N-methyl/N-ethyl adjacent to an activating group) is 1. The van der Waals surface area contributed by atoms with Gasteiger partial charge in [0.15, 0.2) is 0 Å². The van der Waals surface area contributed by atoms with Gasteiger partial charge in [-0.25, -0.2) is 4.98 Å². The van der Waals surface area contributed by atoms with E-state index in [2.05, 4.69) is 28.4 Å². The summed E-state index contributed by atoms with van der Waals surface area (Å²) in [4.78, 5) is 20.9. The van der Waals surface area contributed by atoms with Crippen LogP contribution in [-0.4, -0.2) is 65.0 Å². The lowest BCUT2D eigenvalue weighted by Crippen LogP contribution is -2.50. The molecule has 1 aromatic heterocycles. The maximum absolute atomic E-state index is 12.6. The van der Waals surface area contributed by atoms with E-state index in [0.717, 1.165) is 38.4 Å². The number of carbonyl (C=O) groups excluding carboxylic acids is 1. The smallest absolute Gasteiger partial charge is 0.227 e. The van der Waals surface area contributed by atoms with Gasteiger partial charge in [-0.3, -0.25) is 4.79 Å². The minimum atomic E-state index is -0.139. The zero-order valence-corrected chi connectivity index (χ0v) is 12.5. The average Bonchev–Trinajstić information content (AvgIpc) is 2.92. The molecule has 1 aliphatic rings. The Bertz CT molecular complexity index is 437. The van der Waals surface area contributed by atoms with Crippen LogP contribution in [-0.2, 0) is 17.8 Å². The van der Waals surface area contributed by atoms with Gasteiger partial charge in [-0.05, 0) is 14.0 Å². The van der Waals surface area contributed by atoms with Crippen molar-refractivity contribution in [2.45, 2.75) is 19.9 Å². The molecule has 1 unspecified atom stereocenters. The standard InChI is InChI=1S/C14H25N5O/c1-3-18-11-16-10-13(18)8-12(9-15)14(20)19-6-4-17(2)5-7-19/h10-12H,3-9,15H2,1-2H3. The van der Waals surface area contributed by atoms with Gasteiger partial charge in [0, 0.05) is 57.6 Å². The minimum Gasteiger partial charge on any atom is -0.340 e. The predicted molar refractivity (Wildman–Crippen MR) is 78.2 cm³/mol. The van der Waals surface area contributed by atoms with Crippen LogP contribution in [0, 0.1) is 5.92 Å². The fraction of sp³-hybridized carbons (Fsp3) is 0.714. The first-order chi connectivity index (χ1) is 9.65. The van der Waals surface area contributed by atoms with Gasteiger partial charge >= 0.3 is 0 Å². The molecular weight excluding hydrogens is 254 g/mol. The topological polar surface area (TPSA) is 67.4 Å². The molecule has 0 aromatic carbocycles. The quantitative estimate of drug-likeness (QED) is 0.810. The molecule has 6 nitrogen and oxygen atoms in total. The Balaban J connectivity index is 1.99. The lowest BCUT2D eigenvalue weighted by Gasteiger charge is -2.34. The Hall–Kier alpha value is -1.40. The lowest BCUT2D eigenvalue weighted by molar-refractivity contribution is -0.136. The zero-order chi connectivity index (χ0) is 14.5. The number of nitrogens with zero attached hydrogens (tertiary/aromatic N) is 4. The van der Waals surface area contributed by atoms with Crippen LogP contribution in [0.15, 0.2) is 12.5 Å². The van der Waals surface area contributed by atoms with E-state index in [-0.39, 0.29) is 11.8 Å². The largest absolute Gasteiger partial charge is 0.340 e. The zero-order valence-electron chi connectivity index (χ0n) is 12.5. The van der Waals surface area contributed by atoms with E-state index in [4.69, 9.17) is 5.73 Å². The number of carbonyl (C=O) groups is 1. The number of aryl methyl sites for hydroxylation is 1. The molecule has 0 bridgehead atoms. The van der Waals surface area contributed by atoms with Gasteiger partial charge < -0.3 is 20.1 Å². The first-order valence-electron chi connectivity index (χ1n) is 7.32. The third-order valence-corrected chi connectivity index (χ3v) is 4.04. The molecule has 0 saturated carbocycles. The second-order valence-corrected chi connectivity index (χ2v) is 5.44. The third kappa shape index (κ3) is 3.37. The summed E-state index contributed by atoms with van der Waals surface area (Å²) in [5.74, 6) is 0.0462. The molecule has 1 aromatic rings. The number of imidazole rings is 1. The van der Waals surface area contributed by atoms with Crippen molar-refractivity contribution >= 4 is 5.91 Å². The lowest BCUT2D eigenvalue weighted by atomic mass is 10.0. The van der Waals surface area contributed by atoms with Gasteiger partial charge in [-0.15, -0.1) is 0 Å². The van der Waals surface area contributed by atoms with E-state index in [1.54, 1.807) is 0 Å². The van der Waals surface area contributed by atoms with Crippen LogP contribution in [0.3, 0.4) is 0 Å². The van der Waals surface area contributed by atoms with Crippen molar-refractivity contribution in [3.05, 3.63) is 18.2 Å². The molecular formula is C14H25N5O. The van der Waals surface area contributed by atoms with E-state index in [1.165, 1.54) is 0 Å². The first-order valence-corrected chi connectivity index (χ1v) is 7.32. The molecule has 2 rings (SSSR count). The number of nitrogens with two attached hydrogens (primary N) is 1. The highest BCUT2D eigenvalue weighted by Crippen LogP contribution is 2.13. The molecule has 0 radical (unpaired) electrons. The molecule has 2 heterocycles. The van der Waals surface area contributed by atoms with Crippen LogP contribution in [0.4, 0.5) is 0 Å². The van der Waals surface area contributed by atoms with Gasteiger partial charge in [-0.2, -0.15) is 0 Å². The van der Waals surface area contributed by atoms with Crippen LogP contribution >= 0.6 is 0 Å². The van der Waals surface area contributed by atoms with Crippen LogP contribution in [0.2, 0.25) is 0 Å². The van der Waals surface area contributed by atoms with Crippen molar-refractivity contribution in [1.29, 1.82) is 0 Å². The minimum absolute atomic E-state index is 0.139. The van der Waals surface area contributed by atoms with Crippen molar-refractivity contribution in [1.82, 2.24) is 19.4 Å². The van der Waals surface area contributed by atoms with E-state index < -0.39 is 0 Å². The van der Waals surface area contributed by atoms with Crippen molar-refractivity contribution < 1.29 is 4.79 Å². The molecule has 6 heteroatoms. The molecule has 1 saturated heterocycles. The first kappa shape index (κ1) is 15.0. The van der Waals surface area contributed by atoms with Crippen molar-refractivity contribution in [2.24, 2.45) is 11.7 Å². The van der Waals surface area contributed by atoms with Crippen molar-refractivity contribution in [2.75, 3.05) is 39.8 Å². The highest BCUT2D eigenvalue weighted by Gasteiger charge is 2.26. The summed E-state index contributed by atoms with van der Waals surface area (Å²) >= 11 is 0. The Labute approximate surface area is 120 Å². The summed E-state index contributed by atoms with van der Waals surface area (Å²) in [6.45, 7) is 6.82. The van der Waals surface area contributed by atoms with Gasteiger partial charge in [-0.1, -0.05) is 0 Å². The Morgan fingerprint density at radius 2 is 2.10 bits per heavy atom. The van der Waals surface area contributed by atoms with E-state index in [0.29, 0.717) is 13.0 Å². The molecule has 1 amide bonds. The van der Waals surface area contributed by atoms with Gasteiger partial charge in [0.1, 0.15) is 0 Å². The SMILES string of the molecule is CCn1cncc1CC(CN)C(=O)N1CCN(C)CC1. The molecule has 0 aliphatic carbocycles. The van der Waals surface area contributed by atoms with Crippen LogP contribution in [0.5, 0.6) is 0 Å². The Kier molecular flexibility index (Phi) is 5.14. The predicted octanol–water partition coefficient (Wildman–Crippen LogP) is -0.206. The van der Waals surface area contributed by atoms with Crippen molar-refractivity contribution in [3.8, 4) is 0 Å². The summed E-state index contributed by atoms with van der Waals surface area (Å²) in [5, 5.41) is 0. The molecule has 1 atom stereocenters. The molecule has 1 aliphatic heterocycles. The molecule has 0 spiro atoms. The average molecular weight is 279 g/mol. The fourth-order valence-corrected chi connectivity index (χ4v) is 2.61. The van der Waals surface area contributed by atoms with Crippen LogP contribution < -0.4 is 5.73 Å². The highest BCUT2D eigenvalue weighted by molar-refractivity contribution is 5.79. The Morgan fingerprint density at radius 3 is 2.70 bits per heavy atom. The number of amides is 1. The third-order valence-electron chi connectivity index (χ3n) is 4.04. The summed E-state index contributed by atoms with van der Waals surface area (Å²) in [7, 11) is 2.09. The van der Waals surface area contributed by atoms with E-state index in [1.807, 2.05) is 17.4 Å². The maximum Gasteiger partial charge on any atom is 0.227 e. The number of piperazine rings is 1. The number of rotatable bonds is 5. The summed E-state index contributed by atoms with van der Waals surface area (Å²) in [6, 6.07) is 0. The molecule has 1 fully saturated rings. The molecule has 20 heavy (non-hydrogen) atoms. The van der Waals surface area contributed by atoms with Gasteiger partial charge in [0.25, 0.3) is 0 Å². The van der Waals surface area contributed by atoms with Crippen LogP contribution in [0.1, 0.15) is 12.6 Å². The number of hydrogen-bond donors (Lipinski definition) is 1. The van der Waals surface area contributed by atoms with Gasteiger partial charge in [0.2, 0.25) is 5.91 Å². The fourth-order valence-electron chi connectivity index (χ4n) is 2.61. The Morgan fingerprint density at radius 1 is 1.40 bits per heavy atom. The maximum atomic E-state index is 12.6. The second kappa shape index (κ2) is 6.85. The summed E-state index contributed by atoms with van der Waals surface area (Å²) in [5.41, 5.74) is 6.92. The summed E-state index contributed by atoms with van der Waals surface area (Å²) in [6.07, 6.45) is 4.32.